The van der Waals surface area contributed by atoms with Crippen LogP contribution in [0.1, 0.15) is 51.4 Å². The molecule has 3 heteroatoms. The molecule has 1 saturated carbocycles. The van der Waals surface area contributed by atoms with E-state index in [4.69, 9.17) is 9.47 Å². The molecule has 1 unspecified atom stereocenters. The minimum absolute atomic E-state index is 0.245. The Balaban J connectivity index is 1.64. The highest BCUT2D eigenvalue weighted by molar-refractivity contribution is 5.79. The molecule has 18 heavy (non-hydrogen) atoms. The summed E-state index contributed by atoms with van der Waals surface area (Å²) >= 11 is 0. The van der Waals surface area contributed by atoms with Crippen molar-refractivity contribution in [2.24, 2.45) is 11.8 Å². The fourth-order valence-electron chi connectivity index (χ4n) is 2.75. The maximum absolute atomic E-state index is 11.5. The second kappa shape index (κ2) is 7.90. The molecular weight excluding hydrogens is 228 g/mol. The van der Waals surface area contributed by atoms with E-state index in [0.717, 1.165) is 50.9 Å². The fraction of sp³-hybridized carbons (Fsp3) is 0.933. The summed E-state index contributed by atoms with van der Waals surface area (Å²) in [6.45, 7) is 2.79. The predicted molar refractivity (Wildman–Crippen MR) is 70.6 cm³/mol. The van der Waals surface area contributed by atoms with Crippen LogP contribution in [-0.2, 0) is 14.3 Å². The summed E-state index contributed by atoms with van der Waals surface area (Å²) < 4.78 is 11.0. The van der Waals surface area contributed by atoms with E-state index in [2.05, 4.69) is 0 Å². The molecule has 1 aliphatic heterocycles. The van der Waals surface area contributed by atoms with E-state index < -0.39 is 0 Å². The van der Waals surface area contributed by atoms with Crippen molar-refractivity contribution in [3.05, 3.63) is 0 Å². The van der Waals surface area contributed by atoms with Crippen LogP contribution in [0.25, 0.3) is 0 Å². The highest BCUT2D eigenvalue weighted by Crippen LogP contribution is 2.44. The first-order chi connectivity index (χ1) is 8.86. The average Bonchev–Trinajstić information content (AvgIpc) is 3.10. The normalized spacial score (nSPS) is 32.8. The van der Waals surface area contributed by atoms with Crippen LogP contribution in [0.3, 0.4) is 0 Å². The Hall–Kier alpha value is -0.410. The summed E-state index contributed by atoms with van der Waals surface area (Å²) in [7, 11) is 0. The lowest BCUT2D eigenvalue weighted by Gasteiger charge is -2.07. The zero-order valence-corrected chi connectivity index (χ0v) is 11.4. The number of hydrogen-bond donors (Lipinski definition) is 0. The van der Waals surface area contributed by atoms with Gasteiger partial charge in [0.05, 0.1) is 0 Å². The Morgan fingerprint density at radius 2 is 1.61 bits per heavy atom. The van der Waals surface area contributed by atoms with Gasteiger partial charge in [-0.25, -0.2) is 0 Å². The van der Waals surface area contributed by atoms with Crippen molar-refractivity contribution in [3.8, 4) is 0 Å². The van der Waals surface area contributed by atoms with E-state index in [-0.39, 0.29) is 5.78 Å². The Morgan fingerprint density at radius 1 is 0.833 bits per heavy atom. The first-order valence-corrected chi connectivity index (χ1v) is 7.53. The maximum atomic E-state index is 11.5. The zero-order valence-electron chi connectivity index (χ0n) is 11.4. The van der Waals surface area contributed by atoms with Crippen molar-refractivity contribution in [2.45, 2.75) is 51.4 Å². The summed E-state index contributed by atoms with van der Waals surface area (Å²) in [5, 5.41) is 0. The molecular formula is C15H26O3. The monoisotopic (exact) mass is 254 g/mol. The second-order valence-corrected chi connectivity index (χ2v) is 5.70. The van der Waals surface area contributed by atoms with Crippen LogP contribution in [0, 0.1) is 11.8 Å². The number of hydrogen-bond acceptors (Lipinski definition) is 3. The quantitative estimate of drug-likeness (QED) is 0.666. The molecule has 0 radical (unpaired) electrons. The minimum Gasteiger partial charge on any atom is -0.381 e. The van der Waals surface area contributed by atoms with Gasteiger partial charge in [-0.3, -0.25) is 4.79 Å². The first kappa shape index (κ1) is 14.0. The Bertz CT molecular complexity index is 252. The Kier molecular flexibility index (Phi) is 6.15. The molecule has 2 atom stereocenters. The maximum Gasteiger partial charge on any atom is 0.158 e. The highest BCUT2D eigenvalue weighted by Gasteiger charge is 2.35. The molecule has 2 rings (SSSR count). The molecule has 0 amide bonds. The third-order valence-electron chi connectivity index (χ3n) is 4.07. The number of carbonyl (C=O) groups excluding carboxylic acids is 1. The van der Waals surface area contributed by atoms with E-state index in [1.54, 1.807) is 0 Å². The molecule has 1 heterocycles. The van der Waals surface area contributed by atoms with Crippen molar-refractivity contribution in [1.29, 1.82) is 0 Å². The lowest BCUT2D eigenvalue weighted by atomic mass is 10.1. The van der Waals surface area contributed by atoms with Gasteiger partial charge < -0.3 is 9.47 Å². The van der Waals surface area contributed by atoms with Gasteiger partial charge in [0.25, 0.3) is 0 Å². The molecule has 0 spiro atoms. The van der Waals surface area contributed by atoms with E-state index in [1.807, 2.05) is 0 Å². The number of rotatable bonds is 0. The number of ketones is 1. The van der Waals surface area contributed by atoms with Crippen molar-refractivity contribution < 1.29 is 14.3 Å². The van der Waals surface area contributed by atoms with E-state index >= 15 is 0 Å². The van der Waals surface area contributed by atoms with Crippen molar-refractivity contribution >= 4 is 5.78 Å². The largest absolute Gasteiger partial charge is 0.381 e. The van der Waals surface area contributed by atoms with Crippen LogP contribution in [0.2, 0.25) is 0 Å². The summed E-state index contributed by atoms with van der Waals surface area (Å²) in [6, 6.07) is 0. The highest BCUT2D eigenvalue weighted by atomic mass is 16.5. The number of carbonyl (C=O) groups is 1. The standard InChI is InChI=1S/C15H26O3/c16-15-6-2-4-9-17-8-3-1-5-13-11-14(13)7-10-18-12-15/h13-14H,1-12H2/t13?,14-/m1/s1. The second-order valence-electron chi connectivity index (χ2n) is 5.70. The van der Waals surface area contributed by atoms with Gasteiger partial charge in [-0.2, -0.15) is 0 Å². The average molecular weight is 254 g/mol. The van der Waals surface area contributed by atoms with Crippen molar-refractivity contribution in [2.75, 3.05) is 26.4 Å². The lowest BCUT2D eigenvalue weighted by Crippen LogP contribution is -2.10. The molecule has 104 valence electrons. The van der Waals surface area contributed by atoms with Gasteiger partial charge in [-0.15, -0.1) is 0 Å². The molecule has 1 aliphatic carbocycles. The number of Topliss-reactive ketones (excluding diaryl/α,β-unsaturated/α-hetero) is 1. The van der Waals surface area contributed by atoms with Crippen molar-refractivity contribution in [1.82, 2.24) is 0 Å². The van der Waals surface area contributed by atoms with Crippen LogP contribution in [0.4, 0.5) is 0 Å². The summed E-state index contributed by atoms with van der Waals surface area (Å²) in [4.78, 5) is 11.5. The molecule has 0 bridgehead atoms. The van der Waals surface area contributed by atoms with E-state index in [1.165, 1.54) is 25.7 Å². The third-order valence-corrected chi connectivity index (χ3v) is 4.07. The van der Waals surface area contributed by atoms with Crippen LogP contribution >= 0.6 is 0 Å². The lowest BCUT2D eigenvalue weighted by molar-refractivity contribution is -0.123. The van der Waals surface area contributed by atoms with Crippen LogP contribution in [0.5, 0.6) is 0 Å². The molecule has 0 aromatic rings. The topological polar surface area (TPSA) is 35.5 Å². The molecule has 1 saturated heterocycles. The summed E-state index contributed by atoms with van der Waals surface area (Å²) in [6.07, 6.45) is 8.96. The zero-order chi connectivity index (χ0) is 12.6. The Morgan fingerprint density at radius 3 is 2.50 bits per heavy atom. The first-order valence-electron chi connectivity index (χ1n) is 7.53. The van der Waals surface area contributed by atoms with E-state index in [9.17, 15) is 4.79 Å². The molecule has 2 fully saturated rings. The third kappa shape index (κ3) is 5.49. The molecule has 2 aliphatic rings. The smallest absolute Gasteiger partial charge is 0.158 e. The minimum atomic E-state index is 0.245. The van der Waals surface area contributed by atoms with Gasteiger partial charge in [0.2, 0.25) is 0 Å². The van der Waals surface area contributed by atoms with Gasteiger partial charge in [-0.05, 0) is 43.9 Å². The molecule has 0 N–H and O–H groups in total. The predicted octanol–water partition coefficient (Wildman–Crippen LogP) is 2.97. The van der Waals surface area contributed by atoms with Gasteiger partial charge in [0.15, 0.2) is 5.78 Å². The molecule has 0 aromatic heterocycles. The number of fused-ring (bicyclic) bond motifs is 1. The van der Waals surface area contributed by atoms with E-state index in [0.29, 0.717) is 13.0 Å². The van der Waals surface area contributed by atoms with Gasteiger partial charge in [0, 0.05) is 26.2 Å². The van der Waals surface area contributed by atoms with Crippen LogP contribution < -0.4 is 0 Å². The number of ether oxygens (including phenoxy) is 2. The van der Waals surface area contributed by atoms with Gasteiger partial charge >= 0.3 is 0 Å². The molecule has 3 nitrogen and oxygen atoms in total. The van der Waals surface area contributed by atoms with Gasteiger partial charge in [0.1, 0.15) is 6.61 Å². The molecule has 0 aromatic carbocycles. The SMILES string of the molecule is O=C1CCCCOCCCCC2C[C@H]2CCOC1. The van der Waals surface area contributed by atoms with Crippen LogP contribution in [0.15, 0.2) is 0 Å². The van der Waals surface area contributed by atoms with Crippen molar-refractivity contribution in [3.63, 3.8) is 0 Å². The Labute approximate surface area is 110 Å². The van der Waals surface area contributed by atoms with Crippen LogP contribution in [-0.4, -0.2) is 32.2 Å². The fourth-order valence-corrected chi connectivity index (χ4v) is 2.75. The van der Waals surface area contributed by atoms with Gasteiger partial charge in [-0.1, -0.05) is 12.8 Å². The summed E-state index contributed by atoms with van der Waals surface area (Å²) in [5.41, 5.74) is 0. The summed E-state index contributed by atoms with van der Waals surface area (Å²) in [5.74, 6) is 2.04.